The Morgan fingerprint density at radius 3 is 2.74 bits per heavy atom. The van der Waals surface area contributed by atoms with E-state index in [9.17, 15) is 9.59 Å². The van der Waals surface area contributed by atoms with E-state index in [1.165, 1.54) is 0 Å². The zero-order chi connectivity index (χ0) is 16.6. The molecular weight excluding hydrogens is 294 g/mol. The summed E-state index contributed by atoms with van der Waals surface area (Å²) in [6.07, 6.45) is 0.682. The number of pyridine rings is 1. The first-order valence-corrected chi connectivity index (χ1v) is 7.39. The van der Waals surface area contributed by atoms with Crippen molar-refractivity contribution >= 4 is 22.5 Å². The van der Waals surface area contributed by atoms with E-state index in [1.807, 2.05) is 19.9 Å². The number of aryl methyl sites for hydroxylation is 2. The van der Waals surface area contributed by atoms with Gasteiger partial charge in [-0.15, -0.1) is 0 Å². The molecule has 3 aromatic rings. The maximum atomic E-state index is 12.1. The molecule has 0 aliphatic carbocycles. The van der Waals surface area contributed by atoms with Gasteiger partial charge in [-0.1, -0.05) is 18.1 Å². The summed E-state index contributed by atoms with van der Waals surface area (Å²) in [6.45, 7) is 5.61. The van der Waals surface area contributed by atoms with Gasteiger partial charge in [0.05, 0.1) is 5.52 Å². The molecule has 0 unspecified atom stereocenters. The standard InChI is InChI=1S/C17H17N3O3/c1-4-12-10(3)13-6-5-11(8-14(13)19-16(12)21)18-17(22)15-7-9(2)23-20-15/h5-8H,4H2,1-3H3,(H,18,22)(H,19,21). The van der Waals surface area contributed by atoms with Crippen LogP contribution in [0.5, 0.6) is 0 Å². The largest absolute Gasteiger partial charge is 0.361 e. The number of hydrogen-bond donors (Lipinski definition) is 2. The maximum Gasteiger partial charge on any atom is 0.277 e. The number of H-pyrrole nitrogens is 1. The third-order valence-corrected chi connectivity index (χ3v) is 3.87. The number of nitrogens with one attached hydrogen (secondary N) is 2. The number of benzene rings is 1. The maximum absolute atomic E-state index is 12.1. The molecule has 0 spiro atoms. The fraction of sp³-hybridized carbons (Fsp3) is 0.235. The predicted octanol–water partition coefficient (Wildman–Crippen LogP) is 2.95. The minimum atomic E-state index is -0.356. The highest BCUT2D eigenvalue weighted by atomic mass is 16.5. The summed E-state index contributed by atoms with van der Waals surface area (Å²) >= 11 is 0. The fourth-order valence-corrected chi connectivity index (χ4v) is 2.68. The number of anilines is 1. The van der Waals surface area contributed by atoms with E-state index in [4.69, 9.17) is 4.52 Å². The summed E-state index contributed by atoms with van der Waals surface area (Å²) in [4.78, 5) is 27.0. The van der Waals surface area contributed by atoms with Crippen molar-refractivity contribution in [3.63, 3.8) is 0 Å². The highest BCUT2D eigenvalue weighted by molar-refractivity contribution is 6.03. The number of amides is 1. The van der Waals surface area contributed by atoms with Gasteiger partial charge in [-0.3, -0.25) is 9.59 Å². The van der Waals surface area contributed by atoms with Crippen molar-refractivity contribution < 1.29 is 9.32 Å². The first-order valence-electron chi connectivity index (χ1n) is 7.39. The monoisotopic (exact) mass is 311 g/mol. The molecule has 6 nitrogen and oxygen atoms in total. The molecule has 2 heterocycles. The van der Waals surface area contributed by atoms with Crippen LogP contribution in [0.2, 0.25) is 0 Å². The number of aromatic nitrogens is 2. The molecule has 0 bridgehead atoms. The van der Waals surface area contributed by atoms with Crippen LogP contribution in [0.25, 0.3) is 10.9 Å². The molecule has 1 aromatic carbocycles. The van der Waals surface area contributed by atoms with Crippen LogP contribution in [0.15, 0.2) is 33.6 Å². The van der Waals surface area contributed by atoms with Crippen LogP contribution >= 0.6 is 0 Å². The zero-order valence-corrected chi connectivity index (χ0v) is 13.2. The van der Waals surface area contributed by atoms with Crippen LogP contribution in [0.1, 0.15) is 34.3 Å². The summed E-state index contributed by atoms with van der Waals surface area (Å²) in [5.74, 6) is 0.214. The molecule has 0 atom stereocenters. The van der Waals surface area contributed by atoms with E-state index in [-0.39, 0.29) is 17.2 Å². The van der Waals surface area contributed by atoms with E-state index >= 15 is 0 Å². The number of nitrogens with zero attached hydrogens (tertiary/aromatic N) is 1. The lowest BCUT2D eigenvalue weighted by molar-refractivity contribution is 0.101. The van der Waals surface area contributed by atoms with Crippen molar-refractivity contribution in [2.24, 2.45) is 0 Å². The van der Waals surface area contributed by atoms with Gasteiger partial charge in [0.2, 0.25) is 0 Å². The van der Waals surface area contributed by atoms with Gasteiger partial charge in [-0.05, 0) is 38.0 Å². The molecule has 0 aliphatic heterocycles. The second-order valence-corrected chi connectivity index (χ2v) is 5.45. The number of aromatic amines is 1. The molecule has 0 saturated carbocycles. The SMILES string of the molecule is CCc1c(C)c2ccc(NC(=O)c3cc(C)on3)cc2[nH]c1=O. The zero-order valence-electron chi connectivity index (χ0n) is 13.2. The first kappa shape index (κ1) is 15.0. The second-order valence-electron chi connectivity index (χ2n) is 5.45. The van der Waals surface area contributed by atoms with Crippen molar-refractivity contribution in [3.8, 4) is 0 Å². The van der Waals surface area contributed by atoms with Crippen molar-refractivity contribution in [1.29, 1.82) is 0 Å². The van der Waals surface area contributed by atoms with Crippen LogP contribution in [0.4, 0.5) is 5.69 Å². The van der Waals surface area contributed by atoms with Crippen LogP contribution in [-0.2, 0) is 6.42 Å². The Labute approximate surface area is 132 Å². The quantitative estimate of drug-likeness (QED) is 0.778. The van der Waals surface area contributed by atoms with E-state index in [1.54, 1.807) is 25.1 Å². The van der Waals surface area contributed by atoms with E-state index in [0.29, 0.717) is 23.4 Å². The molecule has 6 heteroatoms. The van der Waals surface area contributed by atoms with Crippen LogP contribution in [-0.4, -0.2) is 16.0 Å². The Bertz CT molecular complexity index is 953. The average Bonchev–Trinajstić information content (AvgIpc) is 2.94. The molecule has 0 radical (unpaired) electrons. The molecule has 2 aromatic heterocycles. The Kier molecular flexibility index (Phi) is 3.73. The van der Waals surface area contributed by atoms with E-state index in [0.717, 1.165) is 16.5 Å². The van der Waals surface area contributed by atoms with Gasteiger partial charge in [0, 0.05) is 22.7 Å². The number of carbonyl (C=O) groups is 1. The molecule has 3 rings (SSSR count). The van der Waals surface area contributed by atoms with Gasteiger partial charge in [-0.25, -0.2) is 0 Å². The van der Waals surface area contributed by atoms with Crippen molar-refractivity contribution in [1.82, 2.24) is 10.1 Å². The highest BCUT2D eigenvalue weighted by Crippen LogP contribution is 2.22. The molecule has 2 N–H and O–H groups in total. The van der Waals surface area contributed by atoms with Crippen LogP contribution in [0, 0.1) is 13.8 Å². The number of fused-ring (bicyclic) bond motifs is 1. The summed E-state index contributed by atoms with van der Waals surface area (Å²) in [5, 5.41) is 7.40. The van der Waals surface area contributed by atoms with Gasteiger partial charge >= 0.3 is 0 Å². The molecule has 23 heavy (non-hydrogen) atoms. The number of hydrogen-bond acceptors (Lipinski definition) is 4. The lowest BCUT2D eigenvalue weighted by atomic mass is 10.0. The van der Waals surface area contributed by atoms with Crippen LogP contribution < -0.4 is 10.9 Å². The van der Waals surface area contributed by atoms with Crippen molar-refractivity contribution in [3.05, 3.63) is 57.2 Å². The minimum absolute atomic E-state index is 0.0897. The van der Waals surface area contributed by atoms with Gasteiger partial charge in [0.15, 0.2) is 5.69 Å². The van der Waals surface area contributed by atoms with Crippen molar-refractivity contribution in [2.75, 3.05) is 5.32 Å². The number of rotatable bonds is 3. The van der Waals surface area contributed by atoms with Gasteiger partial charge < -0.3 is 14.8 Å². The summed E-state index contributed by atoms with van der Waals surface area (Å²) in [5.41, 5.74) is 3.16. The highest BCUT2D eigenvalue weighted by Gasteiger charge is 2.12. The normalized spacial score (nSPS) is 10.9. The lowest BCUT2D eigenvalue weighted by Gasteiger charge is -2.09. The number of carbonyl (C=O) groups excluding carboxylic acids is 1. The third kappa shape index (κ3) is 2.75. The molecule has 0 saturated heterocycles. The molecule has 0 aliphatic rings. The third-order valence-electron chi connectivity index (χ3n) is 3.87. The Morgan fingerprint density at radius 2 is 2.09 bits per heavy atom. The molecule has 0 fully saturated rings. The molecule has 1 amide bonds. The summed E-state index contributed by atoms with van der Waals surface area (Å²) in [7, 11) is 0. The fourth-order valence-electron chi connectivity index (χ4n) is 2.68. The Morgan fingerprint density at radius 1 is 1.30 bits per heavy atom. The topological polar surface area (TPSA) is 88.0 Å². The Hall–Kier alpha value is -2.89. The van der Waals surface area contributed by atoms with E-state index < -0.39 is 0 Å². The lowest BCUT2D eigenvalue weighted by Crippen LogP contribution is -2.15. The smallest absolute Gasteiger partial charge is 0.277 e. The predicted molar refractivity (Wildman–Crippen MR) is 87.9 cm³/mol. The van der Waals surface area contributed by atoms with Gasteiger partial charge in [0.25, 0.3) is 11.5 Å². The van der Waals surface area contributed by atoms with Gasteiger partial charge in [-0.2, -0.15) is 0 Å². The van der Waals surface area contributed by atoms with Gasteiger partial charge in [0.1, 0.15) is 5.76 Å². The summed E-state index contributed by atoms with van der Waals surface area (Å²) in [6, 6.07) is 7.01. The molecular formula is C17H17N3O3. The Balaban J connectivity index is 1.97. The summed E-state index contributed by atoms with van der Waals surface area (Å²) < 4.78 is 4.89. The molecule has 118 valence electrons. The second kappa shape index (κ2) is 5.72. The first-order chi connectivity index (χ1) is 11.0. The van der Waals surface area contributed by atoms with Crippen molar-refractivity contribution in [2.45, 2.75) is 27.2 Å². The minimum Gasteiger partial charge on any atom is -0.361 e. The van der Waals surface area contributed by atoms with E-state index in [2.05, 4.69) is 15.5 Å². The average molecular weight is 311 g/mol. The van der Waals surface area contributed by atoms with Crippen LogP contribution in [0.3, 0.4) is 0 Å².